The van der Waals surface area contributed by atoms with E-state index in [2.05, 4.69) is 11.1 Å². The number of aromatic nitrogens is 1. The van der Waals surface area contributed by atoms with Crippen molar-refractivity contribution in [1.82, 2.24) is 4.98 Å². The molecule has 19 heavy (non-hydrogen) atoms. The van der Waals surface area contributed by atoms with E-state index >= 15 is 0 Å². The molecule has 0 aliphatic heterocycles. The molecule has 2 aromatic rings. The molecule has 0 aliphatic carbocycles. The molecule has 0 amide bonds. The first-order chi connectivity index (χ1) is 9.11. The van der Waals surface area contributed by atoms with Gasteiger partial charge in [0.25, 0.3) is 0 Å². The number of ether oxygens (including phenoxy) is 1. The second-order valence-electron chi connectivity index (χ2n) is 3.87. The predicted octanol–water partition coefficient (Wildman–Crippen LogP) is 2.75. The molecular formula is C14H10N2O3. The number of benzene rings is 1. The lowest BCUT2D eigenvalue weighted by Gasteiger charge is -2.08. The van der Waals surface area contributed by atoms with E-state index in [0.717, 1.165) is 5.56 Å². The van der Waals surface area contributed by atoms with Crippen LogP contribution in [0.15, 0.2) is 36.7 Å². The van der Waals surface area contributed by atoms with Gasteiger partial charge in [-0.1, -0.05) is 0 Å². The summed E-state index contributed by atoms with van der Waals surface area (Å²) < 4.78 is 5.50. The van der Waals surface area contributed by atoms with Gasteiger partial charge in [0.15, 0.2) is 5.75 Å². The van der Waals surface area contributed by atoms with Gasteiger partial charge in [-0.2, -0.15) is 5.26 Å². The molecule has 2 rings (SSSR count). The zero-order valence-corrected chi connectivity index (χ0v) is 10.1. The van der Waals surface area contributed by atoms with Crippen molar-refractivity contribution in [3.8, 4) is 17.6 Å². The van der Waals surface area contributed by atoms with Crippen molar-refractivity contribution in [2.24, 2.45) is 0 Å². The first kappa shape index (κ1) is 12.6. The molecule has 1 aromatic heterocycles. The van der Waals surface area contributed by atoms with Crippen molar-refractivity contribution >= 4 is 5.97 Å². The number of aromatic carboxylic acids is 1. The lowest BCUT2D eigenvalue weighted by atomic mass is 10.1. The molecular weight excluding hydrogens is 244 g/mol. The monoisotopic (exact) mass is 254 g/mol. The van der Waals surface area contributed by atoms with Gasteiger partial charge in [-0.15, -0.1) is 0 Å². The first-order valence-corrected chi connectivity index (χ1v) is 5.47. The van der Waals surface area contributed by atoms with Crippen molar-refractivity contribution in [2.75, 3.05) is 0 Å². The van der Waals surface area contributed by atoms with Gasteiger partial charge in [0.05, 0.1) is 17.8 Å². The van der Waals surface area contributed by atoms with Crippen molar-refractivity contribution in [1.29, 1.82) is 5.26 Å². The van der Waals surface area contributed by atoms with Crippen LogP contribution in [0.4, 0.5) is 0 Å². The molecule has 1 N–H and O–H groups in total. The maximum atomic E-state index is 11.0. The predicted molar refractivity (Wildman–Crippen MR) is 67.2 cm³/mol. The number of hydrogen-bond acceptors (Lipinski definition) is 4. The Kier molecular flexibility index (Phi) is 3.44. The summed E-state index contributed by atoms with van der Waals surface area (Å²) in [4.78, 5) is 14.9. The van der Waals surface area contributed by atoms with E-state index in [9.17, 15) is 4.79 Å². The number of rotatable bonds is 3. The largest absolute Gasteiger partial charge is 0.478 e. The molecule has 0 saturated heterocycles. The number of hydrogen-bond donors (Lipinski definition) is 1. The average Bonchev–Trinajstić information content (AvgIpc) is 2.39. The van der Waals surface area contributed by atoms with Crippen LogP contribution in [0.1, 0.15) is 21.5 Å². The van der Waals surface area contributed by atoms with E-state index < -0.39 is 5.97 Å². The van der Waals surface area contributed by atoms with Crippen LogP contribution >= 0.6 is 0 Å². The summed E-state index contributed by atoms with van der Waals surface area (Å²) in [5, 5.41) is 17.9. The van der Waals surface area contributed by atoms with Crippen LogP contribution in [0.5, 0.6) is 11.5 Å². The van der Waals surface area contributed by atoms with Crippen LogP contribution in [0.25, 0.3) is 0 Å². The van der Waals surface area contributed by atoms with Crippen LogP contribution in [-0.2, 0) is 0 Å². The van der Waals surface area contributed by atoms with Gasteiger partial charge in [-0.25, -0.2) is 4.79 Å². The Morgan fingerprint density at radius 1 is 1.42 bits per heavy atom. The van der Waals surface area contributed by atoms with Crippen LogP contribution in [-0.4, -0.2) is 16.1 Å². The Morgan fingerprint density at radius 2 is 2.21 bits per heavy atom. The summed E-state index contributed by atoms with van der Waals surface area (Å²) in [6.45, 7) is 1.78. The molecule has 1 heterocycles. The van der Waals surface area contributed by atoms with E-state index in [0.29, 0.717) is 11.3 Å². The molecule has 0 spiro atoms. The molecule has 0 fully saturated rings. The van der Waals surface area contributed by atoms with Crippen LogP contribution in [0.2, 0.25) is 0 Å². The van der Waals surface area contributed by atoms with Crippen molar-refractivity contribution in [3.63, 3.8) is 0 Å². The Balaban J connectivity index is 2.34. The molecule has 0 radical (unpaired) electrons. The molecule has 0 bridgehead atoms. The maximum Gasteiger partial charge on any atom is 0.339 e. The van der Waals surface area contributed by atoms with E-state index in [4.69, 9.17) is 15.1 Å². The van der Waals surface area contributed by atoms with E-state index in [-0.39, 0.29) is 11.3 Å². The number of carboxylic acids is 1. The smallest absolute Gasteiger partial charge is 0.339 e. The topological polar surface area (TPSA) is 83.2 Å². The summed E-state index contributed by atoms with van der Waals surface area (Å²) >= 11 is 0. The minimum Gasteiger partial charge on any atom is -0.478 e. The average molecular weight is 254 g/mol. The fourth-order valence-corrected chi connectivity index (χ4v) is 1.59. The number of carboxylic acid groups (broad SMARTS) is 1. The Morgan fingerprint density at radius 3 is 2.84 bits per heavy atom. The summed E-state index contributed by atoms with van der Waals surface area (Å²) in [5.41, 5.74) is 1.36. The third-order valence-corrected chi connectivity index (χ3v) is 2.56. The molecule has 5 nitrogen and oxygen atoms in total. The van der Waals surface area contributed by atoms with E-state index in [1.54, 1.807) is 25.1 Å². The fraction of sp³-hybridized carbons (Fsp3) is 0.0714. The summed E-state index contributed by atoms with van der Waals surface area (Å²) in [7, 11) is 0. The van der Waals surface area contributed by atoms with Gasteiger partial charge in [0, 0.05) is 6.20 Å². The third-order valence-electron chi connectivity index (χ3n) is 2.56. The zero-order chi connectivity index (χ0) is 13.8. The normalized spacial score (nSPS) is 9.68. The highest BCUT2D eigenvalue weighted by molar-refractivity contribution is 5.90. The highest BCUT2D eigenvalue weighted by Gasteiger charge is 2.12. The minimum atomic E-state index is -1.08. The van der Waals surface area contributed by atoms with Gasteiger partial charge in [0.2, 0.25) is 0 Å². The number of carbonyl (C=O) groups is 1. The van der Waals surface area contributed by atoms with Gasteiger partial charge in [-0.3, -0.25) is 4.98 Å². The molecule has 0 unspecified atom stereocenters. The molecule has 0 saturated carbocycles. The fourth-order valence-electron chi connectivity index (χ4n) is 1.59. The lowest BCUT2D eigenvalue weighted by Crippen LogP contribution is -2.00. The molecule has 1 aromatic carbocycles. The second kappa shape index (κ2) is 5.19. The van der Waals surface area contributed by atoms with Crippen molar-refractivity contribution in [2.45, 2.75) is 6.92 Å². The van der Waals surface area contributed by atoms with Gasteiger partial charge in [0.1, 0.15) is 11.3 Å². The zero-order valence-electron chi connectivity index (χ0n) is 10.1. The van der Waals surface area contributed by atoms with Crippen molar-refractivity contribution in [3.05, 3.63) is 53.3 Å². The first-order valence-electron chi connectivity index (χ1n) is 5.47. The Bertz CT molecular complexity index is 675. The lowest BCUT2D eigenvalue weighted by molar-refractivity contribution is 0.0694. The molecule has 0 aliphatic rings. The van der Waals surface area contributed by atoms with Gasteiger partial charge in [-0.05, 0) is 36.8 Å². The SMILES string of the molecule is Cc1cc(Oc2cnccc2C(=O)O)ccc1C#N. The minimum absolute atomic E-state index is 0.0389. The van der Waals surface area contributed by atoms with Gasteiger partial charge < -0.3 is 9.84 Å². The quantitative estimate of drug-likeness (QED) is 0.910. The number of nitrogens with zero attached hydrogens (tertiary/aromatic N) is 2. The number of aryl methyl sites for hydroxylation is 1. The standard InChI is InChI=1S/C14H10N2O3/c1-9-6-11(3-2-10(9)7-15)19-13-8-16-5-4-12(13)14(17)18/h2-6,8H,1H3,(H,17,18). The third kappa shape index (κ3) is 2.69. The highest BCUT2D eigenvalue weighted by atomic mass is 16.5. The molecule has 5 heteroatoms. The molecule has 0 atom stereocenters. The van der Waals surface area contributed by atoms with Crippen LogP contribution < -0.4 is 4.74 Å². The van der Waals surface area contributed by atoms with E-state index in [1.165, 1.54) is 18.5 Å². The number of nitriles is 1. The molecule has 94 valence electrons. The van der Waals surface area contributed by atoms with E-state index in [1.807, 2.05) is 0 Å². The summed E-state index contributed by atoms with van der Waals surface area (Å²) in [5.74, 6) is -0.450. The Hall–Kier alpha value is -2.87. The highest BCUT2D eigenvalue weighted by Crippen LogP contribution is 2.26. The van der Waals surface area contributed by atoms with Crippen LogP contribution in [0, 0.1) is 18.3 Å². The van der Waals surface area contributed by atoms with Crippen molar-refractivity contribution < 1.29 is 14.6 Å². The Labute approximate surface area is 109 Å². The summed E-state index contributed by atoms with van der Waals surface area (Å²) in [6, 6.07) is 8.34. The second-order valence-corrected chi connectivity index (χ2v) is 3.87. The van der Waals surface area contributed by atoms with Crippen LogP contribution in [0.3, 0.4) is 0 Å². The number of pyridine rings is 1. The maximum absolute atomic E-state index is 11.0. The summed E-state index contributed by atoms with van der Waals surface area (Å²) in [6.07, 6.45) is 2.73. The van der Waals surface area contributed by atoms with Gasteiger partial charge >= 0.3 is 5.97 Å².